The highest BCUT2D eigenvalue weighted by atomic mass is 32.2. The van der Waals surface area contributed by atoms with Gasteiger partial charge in [-0.05, 0) is 31.0 Å². The van der Waals surface area contributed by atoms with Crippen molar-refractivity contribution in [2.45, 2.75) is 25.2 Å². The molecule has 0 aliphatic rings. The average Bonchev–Trinajstić information content (AvgIpc) is 2.19. The Morgan fingerprint density at radius 2 is 2.07 bits per heavy atom. The molecule has 0 amide bonds. The Morgan fingerprint density at radius 1 is 1.40 bits per heavy atom. The highest BCUT2D eigenvalue weighted by molar-refractivity contribution is 7.86. The Bertz CT molecular complexity index is 440. The van der Waals surface area contributed by atoms with E-state index < -0.39 is 15.9 Å². The Balaban J connectivity index is 3.00. The van der Waals surface area contributed by atoms with Crippen molar-refractivity contribution in [1.82, 2.24) is 0 Å². The van der Waals surface area contributed by atoms with Crippen molar-refractivity contribution in [3.05, 3.63) is 29.6 Å². The summed E-state index contributed by atoms with van der Waals surface area (Å²) in [5, 5.41) is 0. The van der Waals surface area contributed by atoms with Crippen molar-refractivity contribution in [2.75, 3.05) is 6.61 Å². The predicted octanol–water partition coefficient (Wildman–Crippen LogP) is 2.25. The minimum absolute atomic E-state index is 0.109. The zero-order valence-electron chi connectivity index (χ0n) is 8.66. The Morgan fingerprint density at radius 3 is 2.60 bits per heavy atom. The van der Waals surface area contributed by atoms with Gasteiger partial charge in [-0.3, -0.25) is 4.18 Å². The molecule has 15 heavy (non-hydrogen) atoms. The molecule has 0 fully saturated rings. The van der Waals surface area contributed by atoms with E-state index in [-0.39, 0.29) is 11.5 Å². The van der Waals surface area contributed by atoms with E-state index in [9.17, 15) is 12.8 Å². The van der Waals surface area contributed by atoms with Crippen LogP contribution in [-0.4, -0.2) is 15.0 Å². The number of halogens is 1. The number of hydrogen-bond donors (Lipinski definition) is 0. The highest BCUT2D eigenvalue weighted by Gasteiger charge is 2.15. The predicted molar refractivity (Wildman–Crippen MR) is 54.6 cm³/mol. The lowest BCUT2D eigenvalue weighted by atomic mass is 10.2. The number of rotatable bonds is 4. The lowest BCUT2D eigenvalue weighted by Gasteiger charge is -2.05. The van der Waals surface area contributed by atoms with Crippen LogP contribution < -0.4 is 0 Å². The molecule has 1 rings (SSSR count). The molecule has 1 aromatic rings. The first-order valence-electron chi connectivity index (χ1n) is 4.63. The van der Waals surface area contributed by atoms with E-state index in [2.05, 4.69) is 4.18 Å². The molecule has 5 heteroatoms. The van der Waals surface area contributed by atoms with E-state index in [4.69, 9.17) is 0 Å². The third-order valence-corrected chi connectivity index (χ3v) is 3.18. The van der Waals surface area contributed by atoms with Gasteiger partial charge in [0.2, 0.25) is 0 Å². The van der Waals surface area contributed by atoms with E-state index in [1.54, 1.807) is 13.8 Å². The van der Waals surface area contributed by atoms with Gasteiger partial charge in [0.05, 0.1) is 11.5 Å². The summed E-state index contributed by atoms with van der Waals surface area (Å²) in [4.78, 5) is -0.140. The van der Waals surface area contributed by atoms with Gasteiger partial charge >= 0.3 is 0 Å². The Labute approximate surface area is 89.0 Å². The Kier molecular flexibility index (Phi) is 3.82. The molecule has 0 unspecified atom stereocenters. The monoisotopic (exact) mass is 232 g/mol. The Hall–Kier alpha value is -0.940. The molecule has 0 N–H and O–H groups in total. The van der Waals surface area contributed by atoms with Crippen LogP contribution in [-0.2, 0) is 14.3 Å². The number of benzene rings is 1. The second-order valence-electron chi connectivity index (χ2n) is 3.19. The first kappa shape index (κ1) is 12.1. The van der Waals surface area contributed by atoms with Crippen molar-refractivity contribution in [3.8, 4) is 0 Å². The molecule has 1 aromatic carbocycles. The average molecular weight is 232 g/mol. The summed E-state index contributed by atoms with van der Waals surface area (Å²) >= 11 is 0. The van der Waals surface area contributed by atoms with E-state index >= 15 is 0 Å². The van der Waals surface area contributed by atoms with Crippen LogP contribution in [0, 0.1) is 12.7 Å². The van der Waals surface area contributed by atoms with Crippen LogP contribution in [0.3, 0.4) is 0 Å². The van der Waals surface area contributed by atoms with Gasteiger partial charge in [-0.2, -0.15) is 8.42 Å². The van der Waals surface area contributed by atoms with Crippen LogP contribution in [0.4, 0.5) is 4.39 Å². The number of aryl methyl sites for hydroxylation is 1. The molecular formula is C10H13FO3S. The fourth-order valence-electron chi connectivity index (χ4n) is 0.990. The maximum absolute atomic E-state index is 13.1. The molecule has 0 aromatic heterocycles. The van der Waals surface area contributed by atoms with Gasteiger partial charge in [0, 0.05) is 0 Å². The van der Waals surface area contributed by atoms with Gasteiger partial charge < -0.3 is 0 Å². The number of hydrogen-bond acceptors (Lipinski definition) is 3. The third-order valence-electron chi connectivity index (χ3n) is 1.87. The van der Waals surface area contributed by atoms with Gasteiger partial charge in [-0.15, -0.1) is 0 Å². The third kappa shape index (κ3) is 3.00. The topological polar surface area (TPSA) is 43.4 Å². The molecule has 0 spiro atoms. The lowest BCUT2D eigenvalue weighted by Crippen LogP contribution is -2.07. The normalized spacial score (nSPS) is 11.7. The highest BCUT2D eigenvalue weighted by Crippen LogP contribution is 2.16. The summed E-state index contributed by atoms with van der Waals surface area (Å²) in [6.45, 7) is 3.47. The smallest absolute Gasteiger partial charge is 0.266 e. The summed E-state index contributed by atoms with van der Waals surface area (Å²) < 4.78 is 40.7. The van der Waals surface area contributed by atoms with E-state index in [0.717, 1.165) is 6.07 Å². The molecule has 0 heterocycles. The van der Waals surface area contributed by atoms with Crippen LogP contribution in [0.1, 0.15) is 18.9 Å². The van der Waals surface area contributed by atoms with Gasteiger partial charge in [-0.1, -0.05) is 13.0 Å². The zero-order chi connectivity index (χ0) is 11.5. The first-order chi connectivity index (χ1) is 6.97. The van der Waals surface area contributed by atoms with Crippen LogP contribution in [0.25, 0.3) is 0 Å². The molecule has 0 saturated carbocycles. The fourth-order valence-corrected chi connectivity index (χ4v) is 1.99. The molecule has 0 aliphatic carbocycles. The standard InChI is InChI=1S/C10H13FO3S/c1-3-6-14-15(12,13)9-5-4-8(2)10(11)7-9/h4-5,7H,3,6H2,1-2H3. The van der Waals surface area contributed by atoms with Crippen molar-refractivity contribution >= 4 is 10.1 Å². The van der Waals surface area contributed by atoms with Gasteiger partial charge in [0.25, 0.3) is 10.1 Å². The van der Waals surface area contributed by atoms with Gasteiger partial charge in [0.1, 0.15) is 5.82 Å². The molecule has 3 nitrogen and oxygen atoms in total. The summed E-state index contributed by atoms with van der Waals surface area (Å²) in [5.41, 5.74) is 0.407. The minimum atomic E-state index is -3.80. The summed E-state index contributed by atoms with van der Waals surface area (Å²) in [5.74, 6) is -0.545. The molecule has 0 aliphatic heterocycles. The molecule has 0 radical (unpaired) electrons. The van der Waals surface area contributed by atoms with Crippen molar-refractivity contribution in [2.24, 2.45) is 0 Å². The lowest BCUT2D eigenvalue weighted by molar-refractivity contribution is 0.318. The van der Waals surface area contributed by atoms with E-state index in [0.29, 0.717) is 12.0 Å². The van der Waals surface area contributed by atoms with Gasteiger partial charge in [0.15, 0.2) is 0 Å². The van der Waals surface area contributed by atoms with Gasteiger partial charge in [-0.25, -0.2) is 4.39 Å². The summed E-state index contributed by atoms with van der Waals surface area (Å²) in [7, 11) is -3.80. The van der Waals surface area contributed by atoms with Crippen molar-refractivity contribution < 1.29 is 17.0 Å². The first-order valence-corrected chi connectivity index (χ1v) is 6.04. The van der Waals surface area contributed by atoms with Crippen molar-refractivity contribution in [3.63, 3.8) is 0 Å². The molecule has 84 valence electrons. The minimum Gasteiger partial charge on any atom is -0.266 e. The zero-order valence-corrected chi connectivity index (χ0v) is 9.47. The van der Waals surface area contributed by atoms with Crippen LogP contribution in [0.15, 0.2) is 23.1 Å². The molecule has 0 saturated heterocycles. The maximum atomic E-state index is 13.1. The second-order valence-corrected chi connectivity index (χ2v) is 4.80. The quantitative estimate of drug-likeness (QED) is 0.748. The van der Waals surface area contributed by atoms with E-state index in [1.165, 1.54) is 12.1 Å². The molecule has 0 bridgehead atoms. The van der Waals surface area contributed by atoms with Crippen LogP contribution in [0.2, 0.25) is 0 Å². The SMILES string of the molecule is CCCOS(=O)(=O)c1ccc(C)c(F)c1. The summed E-state index contributed by atoms with van der Waals surface area (Å²) in [6.07, 6.45) is 0.591. The largest absolute Gasteiger partial charge is 0.297 e. The van der Waals surface area contributed by atoms with Crippen molar-refractivity contribution in [1.29, 1.82) is 0 Å². The maximum Gasteiger partial charge on any atom is 0.297 e. The van der Waals surface area contributed by atoms with Crippen LogP contribution >= 0.6 is 0 Å². The fraction of sp³-hybridized carbons (Fsp3) is 0.400. The van der Waals surface area contributed by atoms with E-state index in [1.807, 2.05) is 0 Å². The molecular weight excluding hydrogens is 219 g/mol. The second kappa shape index (κ2) is 4.72. The summed E-state index contributed by atoms with van der Waals surface area (Å²) in [6, 6.07) is 3.72. The van der Waals surface area contributed by atoms with Crippen LogP contribution in [0.5, 0.6) is 0 Å². The molecule has 0 atom stereocenters.